The molecular formula is C42H52N2S3. The van der Waals surface area contributed by atoms with E-state index in [0.717, 1.165) is 35.3 Å². The van der Waals surface area contributed by atoms with Crippen molar-refractivity contribution >= 4 is 34.0 Å². The fourth-order valence-corrected chi connectivity index (χ4v) is 8.31. The average molecular weight is 681 g/mol. The van der Waals surface area contributed by atoms with Crippen LogP contribution >= 0.6 is 34.0 Å². The van der Waals surface area contributed by atoms with Crippen molar-refractivity contribution in [3.8, 4) is 0 Å². The number of rotatable bonds is 5. The first kappa shape index (κ1) is 34.3. The summed E-state index contributed by atoms with van der Waals surface area (Å²) in [5.74, 6) is 4.47. The van der Waals surface area contributed by atoms with E-state index in [1.54, 1.807) is 15.3 Å². The summed E-state index contributed by atoms with van der Waals surface area (Å²) in [5.41, 5.74) is 8.09. The molecule has 47 heavy (non-hydrogen) atoms. The molecule has 5 aromatic rings. The van der Waals surface area contributed by atoms with E-state index in [-0.39, 0.29) is 0 Å². The maximum absolute atomic E-state index is 4.34. The molecule has 0 atom stereocenters. The van der Waals surface area contributed by atoms with Crippen LogP contribution in [0.25, 0.3) is 0 Å². The van der Waals surface area contributed by atoms with Crippen LogP contribution in [0.3, 0.4) is 0 Å². The number of hydrogen-bond donors (Lipinski definition) is 0. The Labute approximate surface area is 295 Å². The summed E-state index contributed by atoms with van der Waals surface area (Å²) in [7, 11) is 0. The SMILES string of the molecule is Cc1cc(C2CC2)cs1.Cc1ccc(C2CC2)cn1.Cc1ccc(C2CC2)nc1.Cc1ccc(C2CC2)s1.Cc1csc(C2CC2)c1. The molecule has 5 aliphatic rings. The number of nitrogens with zero attached hydrogens (tertiary/aromatic N) is 2. The Morgan fingerprint density at radius 3 is 1.62 bits per heavy atom. The van der Waals surface area contributed by atoms with Gasteiger partial charge in [-0.1, -0.05) is 12.1 Å². The lowest BCUT2D eigenvalue weighted by atomic mass is 10.2. The molecular weight excluding hydrogens is 629 g/mol. The Morgan fingerprint density at radius 2 is 1.15 bits per heavy atom. The minimum atomic E-state index is 0.792. The van der Waals surface area contributed by atoms with Crippen LogP contribution in [0.5, 0.6) is 0 Å². The highest BCUT2D eigenvalue weighted by Crippen LogP contribution is 2.44. The molecule has 0 radical (unpaired) electrons. The van der Waals surface area contributed by atoms with Crippen LogP contribution in [0.4, 0.5) is 0 Å². The molecule has 5 aromatic heterocycles. The fraction of sp³-hybridized carbons (Fsp3) is 0.476. The number of aromatic nitrogens is 2. The Balaban J connectivity index is 0.000000103. The van der Waals surface area contributed by atoms with Crippen LogP contribution in [0.15, 0.2) is 71.7 Å². The minimum Gasteiger partial charge on any atom is -0.261 e. The maximum atomic E-state index is 4.34. The highest BCUT2D eigenvalue weighted by atomic mass is 32.1. The Morgan fingerprint density at radius 1 is 0.489 bits per heavy atom. The summed E-state index contributed by atoms with van der Waals surface area (Å²) in [4.78, 5) is 14.7. The minimum absolute atomic E-state index is 0.792. The highest BCUT2D eigenvalue weighted by molar-refractivity contribution is 7.12. The summed E-state index contributed by atoms with van der Waals surface area (Å²) in [5, 5.41) is 4.54. The zero-order valence-electron chi connectivity index (χ0n) is 29.0. The van der Waals surface area contributed by atoms with Crippen molar-refractivity contribution in [1.29, 1.82) is 0 Å². The van der Waals surface area contributed by atoms with Crippen LogP contribution in [0, 0.1) is 34.6 Å². The molecule has 0 N–H and O–H groups in total. The number of pyridine rings is 2. The maximum Gasteiger partial charge on any atom is 0.0434 e. The topological polar surface area (TPSA) is 25.8 Å². The van der Waals surface area contributed by atoms with Gasteiger partial charge in [0.1, 0.15) is 0 Å². The Hall–Kier alpha value is -2.60. The number of hydrogen-bond acceptors (Lipinski definition) is 5. The molecule has 10 rings (SSSR count). The summed E-state index contributed by atoms with van der Waals surface area (Å²) in [6.07, 6.45) is 18.0. The zero-order chi connectivity index (χ0) is 32.8. The van der Waals surface area contributed by atoms with Gasteiger partial charge in [-0.3, -0.25) is 9.97 Å². The van der Waals surface area contributed by atoms with Gasteiger partial charge >= 0.3 is 0 Å². The van der Waals surface area contributed by atoms with Gasteiger partial charge in [0, 0.05) is 49.2 Å². The average Bonchev–Trinajstić information content (AvgIpc) is 3.86. The first-order valence-corrected chi connectivity index (χ1v) is 20.4. The monoisotopic (exact) mass is 680 g/mol. The van der Waals surface area contributed by atoms with E-state index in [1.807, 2.05) is 53.3 Å². The molecule has 0 aromatic carbocycles. The second-order valence-corrected chi connectivity index (χ2v) is 17.7. The van der Waals surface area contributed by atoms with E-state index < -0.39 is 0 Å². The quantitative estimate of drug-likeness (QED) is 0.185. The molecule has 0 amide bonds. The van der Waals surface area contributed by atoms with Crippen molar-refractivity contribution in [1.82, 2.24) is 9.97 Å². The van der Waals surface area contributed by atoms with E-state index in [1.165, 1.54) is 96.3 Å². The molecule has 0 unspecified atom stereocenters. The van der Waals surface area contributed by atoms with Gasteiger partial charge in [-0.25, -0.2) is 0 Å². The van der Waals surface area contributed by atoms with E-state index in [0.29, 0.717) is 0 Å². The molecule has 5 heterocycles. The largest absolute Gasteiger partial charge is 0.261 e. The second kappa shape index (κ2) is 16.2. The van der Waals surface area contributed by atoms with Gasteiger partial charge in [0.15, 0.2) is 0 Å². The first-order valence-electron chi connectivity index (χ1n) is 17.8. The molecule has 248 valence electrons. The fourth-order valence-electron chi connectivity index (χ4n) is 5.41. The zero-order valence-corrected chi connectivity index (χ0v) is 31.5. The molecule has 0 saturated heterocycles. The van der Waals surface area contributed by atoms with Gasteiger partial charge < -0.3 is 0 Å². The van der Waals surface area contributed by atoms with Crippen LogP contribution in [-0.2, 0) is 0 Å². The van der Waals surface area contributed by atoms with E-state index in [9.17, 15) is 0 Å². The van der Waals surface area contributed by atoms with Gasteiger partial charge in [-0.2, -0.15) is 0 Å². The molecule has 2 nitrogen and oxygen atoms in total. The molecule has 5 fully saturated rings. The molecule has 5 saturated carbocycles. The smallest absolute Gasteiger partial charge is 0.0434 e. The molecule has 0 bridgehead atoms. The van der Waals surface area contributed by atoms with E-state index in [2.05, 4.69) is 97.0 Å². The Bertz CT molecular complexity index is 1490. The third-order valence-electron chi connectivity index (χ3n) is 9.18. The van der Waals surface area contributed by atoms with Crippen LogP contribution < -0.4 is 0 Å². The molecule has 5 aliphatic carbocycles. The summed E-state index contributed by atoms with van der Waals surface area (Å²) < 4.78 is 0. The number of thiophene rings is 3. The standard InChI is InChI=1S/2C9H11N.3C8H10S/c1-7-2-5-9(10-6-7)8-3-4-8;1-7-2-3-9(6-10-7)8-4-5-8;1-6-2-5-8(9-6)7-3-4-7;1-6-4-8(5-9-6)7-2-3-7;1-6-4-8(9-5-6)7-2-3-7/h2,5-6,8H,3-4H2,1H3;2-3,6,8H,4-5H2,1H3;2,5,7H,3-4H2,1H3;2*4-5,7H,2-3H2,1H3. The summed E-state index contributed by atoms with van der Waals surface area (Å²) in [6, 6.07) is 17.7. The first-order chi connectivity index (χ1) is 22.8. The van der Waals surface area contributed by atoms with Crippen molar-refractivity contribution in [2.24, 2.45) is 0 Å². The van der Waals surface area contributed by atoms with Crippen molar-refractivity contribution in [3.05, 3.63) is 125 Å². The van der Waals surface area contributed by atoms with Gasteiger partial charge in [0.05, 0.1) is 0 Å². The number of aryl methyl sites for hydroxylation is 5. The molecule has 0 aliphatic heterocycles. The van der Waals surface area contributed by atoms with Gasteiger partial charge in [-0.15, -0.1) is 34.0 Å². The van der Waals surface area contributed by atoms with E-state index >= 15 is 0 Å². The van der Waals surface area contributed by atoms with Gasteiger partial charge in [-0.05, 0) is 192 Å². The second-order valence-electron chi connectivity index (χ2n) is 14.3. The van der Waals surface area contributed by atoms with Crippen molar-refractivity contribution < 1.29 is 0 Å². The van der Waals surface area contributed by atoms with Gasteiger partial charge in [0.25, 0.3) is 0 Å². The van der Waals surface area contributed by atoms with Crippen LogP contribution in [0.1, 0.15) is 147 Å². The lowest BCUT2D eigenvalue weighted by molar-refractivity contribution is 1.01. The van der Waals surface area contributed by atoms with Gasteiger partial charge in [0.2, 0.25) is 0 Å². The molecule has 0 spiro atoms. The normalized spacial score (nSPS) is 17.9. The predicted octanol–water partition coefficient (Wildman–Crippen LogP) is 13.3. The molecule has 5 heteroatoms. The van der Waals surface area contributed by atoms with Crippen molar-refractivity contribution in [2.45, 2.75) is 128 Å². The lowest BCUT2D eigenvalue weighted by Crippen LogP contribution is -1.84. The Kier molecular flexibility index (Phi) is 11.8. The van der Waals surface area contributed by atoms with Crippen LogP contribution in [-0.4, -0.2) is 9.97 Å². The summed E-state index contributed by atoms with van der Waals surface area (Å²) in [6.45, 7) is 10.6. The third kappa shape index (κ3) is 11.8. The van der Waals surface area contributed by atoms with E-state index in [4.69, 9.17) is 0 Å². The summed E-state index contributed by atoms with van der Waals surface area (Å²) >= 11 is 5.75. The highest BCUT2D eigenvalue weighted by Gasteiger charge is 2.26. The van der Waals surface area contributed by atoms with Crippen LogP contribution in [0.2, 0.25) is 0 Å². The predicted molar refractivity (Wildman–Crippen MR) is 205 cm³/mol. The lowest BCUT2D eigenvalue weighted by Gasteiger charge is -1.95. The van der Waals surface area contributed by atoms with Crippen molar-refractivity contribution in [2.75, 3.05) is 0 Å². The third-order valence-corrected chi connectivity index (χ3v) is 12.4. The van der Waals surface area contributed by atoms with Crippen molar-refractivity contribution in [3.63, 3.8) is 0 Å².